The summed E-state index contributed by atoms with van der Waals surface area (Å²) in [6.07, 6.45) is 0.0948. The maximum Gasteiger partial charge on any atom is 0.337 e. The van der Waals surface area contributed by atoms with Gasteiger partial charge in [0, 0.05) is 11.8 Å². The zero-order valence-corrected chi connectivity index (χ0v) is 16.8. The lowest BCUT2D eigenvalue weighted by molar-refractivity contribution is -0.105. The molecule has 0 spiro atoms. The third-order valence-electron chi connectivity index (χ3n) is 5.06. The van der Waals surface area contributed by atoms with Gasteiger partial charge >= 0.3 is 5.97 Å². The SMILES string of the molecule is COC(=O)c1ccc2c(c1)cc1n2C(=C=O)N(OC)C1CC(=C=O)Oc1ccccc1. The number of methoxy groups -OCH3 is 1. The maximum absolute atomic E-state index is 11.9. The van der Waals surface area contributed by atoms with Crippen molar-refractivity contribution in [1.82, 2.24) is 9.63 Å². The van der Waals surface area contributed by atoms with Crippen LogP contribution in [0.25, 0.3) is 16.7 Å². The molecule has 0 bridgehead atoms. The first-order valence-electron chi connectivity index (χ1n) is 9.40. The van der Waals surface area contributed by atoms with Gasteiger partial charge in [0.15, 0.2) is 17.6 Å². The summed E-state index contributed by atoms with van der Waals surface area (Å²) >= 11 is 0. The van der Waals surface area contributed by atoms with Crippen molar-refractivity contribution >= 4 is 34.6 Å². The van der Waals surface area contributed by atoms with E-state index in [-0.39, 0.29) is 18.0 Å². The van der Waals surface area contributed by atoms with Gasteiger partial charge in [0.05, 0.1) is 31.0 Å². The van der Waals surface area contributed by atoms with Crippen molar-refractivity contribution in [1.29, 1.82) is 0 Å². The number of hydrogen-bond acceptors (Lipinski definition) is 7. The summed E-state index contributed by atoms with van der Waals surface area (Å²) in [5, 5.41) is 2.11. The van der Waals surface area contributed by atoms with E-state index in [0.29, 0.717) is 22.5 Å². The molecule has 1 aliphatic heterocycles. The van der Waals surface area contributed by atoms with E-state index in [1.807, 2.05) is 24.0 Å². The Kier molecular flexibility index (Phi) is 5.43. The zero-order chi connectivity index (χ0) is 22.0. The molecule has 1 aliphatic rings. The molecule has 4 rings (SSSR count). The average molecular weight is 418 g/mol. The van der Waals surface area contributed by atoms with Gasteiger partial charge in [-0.15, -0.1) is 0 Å². The fraction of sp³-hybridized carbons (Fsp3) is 0.174. The van der Waals surface area contributed by atoms with Crippen LogP contribution < -0.4 is 4.74 Å². The number of hydroxylamine groups is 2. The van der Waals surface area contributed by atoms with Crippen molar-refractivity contribution in [2.45, 2.75) is 12.5 Å². The van der Waals surface area contributed by atoms with Gasteiger partial charge in [0.1, 0.15) is 11.8 Å². The number of carbonyl (C=O) groups is 1. The predicted octanol–water partition coefficient (Wildman–Crippen LogP) is 3.16. The first-order chi connectivity index (χ1) is 15.1. The Bertz CT molecular complexity index is 1250. The monoisotopic (exact) mass is 418 g/mol. The van der Waals surface area contributed by atoms with E-state index in [9.17, 15) is 14.4 Å². The van der Waals surface area contributed by atoms with E-state index in [2.05, 4.69) is 0 Å². The highest BCUT2D eigenvalue weighted by atomic mass is 16.7. The number of rotatable bonds is 6. The molecule has 1 atom stereocenters. The molecule has 0 aliphatic carbocycles. The molecule has 0 saturated carbocycles. The number of nitrogens with zero attached hydrogens (tertiary/aromatic N) is 2. The fourth-order valence-electron chi connectivity index (χ4n) is 3.73. The van der Waals surface area contributed by atoms with Crippen LogP contribution in [0.5, 0.6) is 5.75 Å². The quantitative estimate of drug-likeness (QED) is 0.345. The highest BCUT2D eigenvalue weighted by Gasteiger charge is 2.38. The highest BCUT2D eigenvalue weighted by molar-refractivity contribution is 5.97. The Morgan fingerprint density at radius 3 is 2.48 bits per heavy atom. The Morgan fingerprint density at radius 2 is 1.84 bits per heavy atom. The van der Waals surface area contributed by atoms with Gasteiger partial charge in [0.25, 0.3) is 0 Å². The van der Waals surface area contributed by atoms with Crippen LogP contribution in [0, 0.1) is 0 Å². The van der Waals surface area contributed by atoms with Crippen LogP contribution in [0.4, 0.5) is 0 Å². The molecule has 0 saturated heterocycles. The second-order valence-corrected chi connectivity index (χ2v) is 6.76. The molecule has 0 fully saturated rings. The molecule has 2 aromatic carbocycles. The number of benzene rings is 2. The van der Waals surface area contributed by atoms with Gasteiger partial charge in [-0.3, -0.25) is 9.40 Å². The minimum absolute atomic E-state index is 0.0532. The molecule has 0 amide bonds. The van der Waals surface area contributed by atoms with E-state index in [1.165, 1.54) is 19.3 Å². The third-order valence-corrected chi connectivity index (χ3v) is 5.06. The van der Waals surface area contributed by atoms with Gasteiger partial charge in [0.2, 0.25) is 5.82 Å². The molecule has 31 heavy (non-hydrogen) atoms. The fourth-order valence-corrected chi connectivity index (χ4v) is 3.73. The molecule has 156 valence electrons. The van der Waals surface area contributed by atoms with Crippen molar-refractivity contribution in [3.05, 3.63) is 71.6 Å². The van der Waals surface area contributed by atoms with E-state index in [0.717, 1.165) is 5.39 Å². The van der Waals surface area contributed by atoms with E-state index >= 15 is 0 Å². The second-order valence-electron chi connectivity index (χ2n) is 6.76. The molecule has 0 radical (unpaired) electrons. The summed E-state index contributed by atoms with van der Waals surface area (Å²) in [4.78, 5) is 40.7. The molecular formula is C23H18N2O6. The lowest BCUT2D eigenvalue weighted by Gasteiger charge is -2.22. The number of ether oxygens (including phenoxy) is 2. The molecule has 2 heterocycles. The Morgan fingerprint density at radius 1 is 1.06 bits per heavy atom. The minimum atomic E-state index is -0.546. The number of para-hydroxylation sites is 1. The molecular weight excluding hydrogens is 400 g/mol. The number of fused-ring (bicyclic) bond motifs is 3. The van der Waals surface area contributed by atoms with E-state index in [1.54, 1.807) is 47.0 Å². The molecule has 3 aromatic rings. The largest absolute Gasteiger partial charge is 0.465 e. The average Bonchev–Trinajstić information content (AvgIpc) is 3.32. The molecule has 1 aromatic heterocycles. The van der Waals surface area contributed by atoms with Gasteiger partial charge in [-0.2, -0.15) is 0 Å². The number of aromatic nitrogens is 1. The molecule has 0 N–H and O–H groups in total. The first-order valence-corrected chi connectivity index (χ1v) is 9.40. The van der Waals surface area contributed by atoms with Gasteiger partial charge in [-0.1, -0.05) is 18.2 Å². The smallest absolute Gasteiger partial charge is 0.337 e. The summed E-state index contributed by atoms with van der Waals surface area (Å²) < 4.78 is 12.1. The van der Waals surface area contributed by atoms with Crippen LogP contribution in [-0.4, -0.2) is 41.7 Å². The Balaban J connectivity index is 1.76. The second kappa shape index (κ2) is 8.34. The van der Waals surface area contributed by atoms with Crippen LogP contribution in [-0.2, 0) is 19.2 Å². The van der Waals surface area contributed by atoms with Crippen LogP contribution in [0.1, 0.15) is 28.5 Å². The number of hydrogen-bond donors (Lipinski definition) is 0. The molecule has 8 heteroatoms. The highest BCUT2D eigenvalue weighted by Crippen LogP contribution is 2.42. The summed E-state index contributed by atoms with van der Waals surface area (Å²) in [5.74, 6) is 3.97. The summed E-state index contributed by atoms with van der Waals surface area (Å²) in [5.41, 5.74) is 1.75. The normalized spacial score (nSPS) is 14.7. The van der Waals surface area contributed by atoms with Gasteiger partial charge < -0.3 is 9.47 Å². The van der Waals surface area contributed by atoms with Crippen molar-refractivity contribution in [3.8, 4) is 5.75 Å². The standard InChI is InChI=1S/C23H18N2O6/c1-29-23(28)15-8-9-19-16(10-15)11-20-21(25(30-2)22(14-27)24(19)20)12-18(13-26)31-17-6-4-3-5-7-17/h3-11,21H,12H2,1-2H3. The van der Waals surface area contributed by atoms with Crippen LogP contribution in [0.3, 0.4) is 0 Å². The van der Waals surface area contributed by atoms with Crippen molar-refractivity contribution in [2.24, 2.45) is 0 Å². The minimum Gasteiger partial charge on any atom is -0.465 e. The molecule has 1 unspecified atom stereocenters. The summed E-state index contributed by atoms with van der Waals surface area (Å²) in [6.45, 7) is 0. The van der Waals surface area contributed by atoms with Crippen LogP contribution in [0.2, 0.25) is 0 Å². The molecule has 8 nitrogen and oxygen atoms in total. The van der Waals surface area contributed by atoms with E-state index < -0.39 is 12.0 Å². The van der Waals surface area contributed by atoms with Gasteiger partial charge in [-0.25, -0.2) is 19.4 Å². The van der Waals surface area contributed by atoms with Crippen LogP contribution >= 0.6 is 0 Å². The van der Waals surface area contributed by atoms with Crippen LogP contribution in [0.15, 0.2) is 60.4 Å². The van der Waals surface area contributed by atoms with Crippen molar-refractivity contribution in [3.63, 3.8) is 0 Å². The maximum atomic E-state index is 11.9. The van der Waals surface area contributed by atoms with Gasteiger partial charge in [-0.05, 0) is 36.4 Å². The first kappa shape index (κ1) is 20.2. The Labute approximate surface area is 177 Å². The lowest BCUT2D eigenvalue weighted by Crippen LogP contribution is -2.22. The lowest BCUT2D eigenvalue weighted by atomic mass is 10.1. The van der Waals surface area contributed by atoms with Crippen molar-refractivity contribution in [2.75, 3.05) is 14.2 Å². The Hall–Kier alpha value is -4.09. The number of carbonyl (C=O) groups excluding carboxylic acids is 3. The zero-order valence-electron chi connectivity index (χ0n) is 16.8. The van der Waals surface area contributed by atoms with Crippen molar-refractivity contribution < 1.29 is 28.7 Å². The third kappa shape index (κ3) is 3.52. The van der Waals surface area contributed by atoms with E-state index in [4.69, 9.17) is 14.3 Å². The topological polar surface area (TPSA) is 87.1 Å². The summed E-state index contributed by atoms with van der Waals surface area (Å²) in [7, 11) is 2.74. The summed E-state index contributed by atoms with van der Waals surface area (Å²) in [6, 6.07) is 15.2. The number of esters is 1. The predicted molar refractivity (Wildman–Crippen MR) is 111 cm³/mol.